The van der Waals surface area contributed by atoms with Crippen molar-refractivity contribution in [2.75, 3.05) is 13.7 Å². The minimum Gasteiger partial charge on any atom is -0.497 e. The predicted molar refractivity (Wildman–Crippen MR) is 107 cm³/mol. The van der Waals surface area contributed by atoms with Gasteiger partial charge in [0.1, 0.15) is 5.75 Å². The highest BCUT2D eigenvalue weighted by Gasteiger charge is 2.27. The molecule has 0 atom stereocenters. The number of benzene rings is 2. The SMILES string of the molecule is COc1ccc(-n2c(=O)c3c(n2Cc2ccccc2)CN(C(C)=O)CC3)cc1. The van der Waals surface area contributed by atoms with Crippen LogP contribution in [0.15, 0.2) is 59.4 Å². The quantitative estimate of drug-likeness (QED) is 0.702. The first-order chi connectivity index (χ1) is 13.6. The second-order valence-corrected chi connectivity index (χ2v) is 6.97. The molecule has 2 aromatic carbocycles. The number of carbonyl (C=O) groups is 1. The van der Waals surface area contributed by atoms with Crippen LogP contribution in [0, 0.1) is 0 Å². The van der Waals surface area contributed by atoms with Gasteiger partial charge in [0, 0.05) is 19.0 Å². The average molecular weight is 377 g/mol. The van der Waals surface area contributed by atoms with Crippen molar-refractivity contribution in [1.82, 2.24) is 14.3 Å². The summed E-state index contributed by atoms with van der Waals surface area (Å²) in [6.07, 6.45) is 0.575. The molecule has 6 heteroatoms. The zero-order valence-corrected chi connectivity index (χ0v) is 16.1. The number of hydrogen-bond donors (Lipinski definition) is 0. The molecule has 1 aliphatic rings. The first-order valence-electron chi connectivity index (χ1n) is 9.36. The summed E-state index contributed by atoms with van der Waals surface area (Å²) in [5.74, 6) is 0.770. The minimum atomic E-state index is -0.0145. The van der Waals surface area contributed by atoms with Crippen LogP contribution in [0.1, 0.15) is 23.7 Å². The fourth-order valence-corrected chi connectivity index (χ4v) is 3.74. The van der Waals surface area contributed by atoms with E-state index < -0.39 is 0 Å². The molecule has 1 aliphatic heterocycles. The molecule has 2 heterocycles. The van der Waals surface area contributed by atoms with Crippen LogP contribution in [0.4, 0.5) is 0 Å². The zero-order chi connectivity index (χ0) is 19.7. The summed E-state index contributed by atoms with van der Waals surface area (Å²) in [4.78, 5) is 27.0. The molecule has 28 heavy (non-hydrogen) atoms. The fraction of sp³-hybridized carbons (Fsp3) is 0.273. The van der Waals surface area contributed by atoms with E-state index in [0.717, 1.165) is 28.3 Å². The Labute approximate surface area is 163 Å². The summed E-state index contributed by atoms with van der Waals surface area (Å²) in [5, 5.41) is 0. The van der Waals surface area contributed by atoms with Crippen molar-refractivity contribution in [2.24, 2.45) is 0 Å². The van der Waals surface area contributed by atoms with Gasteiger partial charge in [-0.15, -0.1) is 0 Å². The topological polar surface area (TPSA) is 56.5 Å². The molecule has 3 aromatic rings. The maximum Gasteiger partial charge on any atom is 0.275 e. The normalized spacial score (nSPS) is 13.3. The van der Waals surface area contributed by atoms with Crippen LogP contribution in [0.3, 0.4) is 0 Å². The number of fused-ring (bicyclic) bond motifs is 1. The molecule has 0 N–H and O–H groups in total. The number of nitrogens with zero attached hydrogens (tertiary/aromatic N) is 3. The summed E-state index contributed by atoms with van der Waals surface area (Å²) in [7, 11) is 1.62. The van der Waals surface area contributed by atoms with E-state index in [9.17, 15) is 9.59 Å². The van der Waals surface area contributed by atoms with E-state index >= 15 is 0 Å². The Hall–Kier alpha value is -3.28. The maximum atomic E-state index is 13.3. The summed E-state index contributed by atoms with van der Waals surface area (Å²) in [6.45, 7) is 3.17. The lowest BCUT2D eigenvalue weighted by molar-refractivity contribution is -0.129. The Bertz CT molecular complexity index is 1050. The molecule has 0 radical (unpaired) electrons. The summed E-state index contributed by atoms with van der Waals surface area (Å²) < 4.78 is 8.97. The molecule has 1 amide bonds. The minimum absolute atomic E-state index is 0.0145. The Morgan fingerprint density at radius 3 is 2.43 bits per heavy atom. The van der Waals surface area contributed by atoms with E-state index in [0.29, 0.717) is 26.1 Å². The number of ether oxygens (including phenoxy) is 1. The zero-order valence-electron chi connectivity index (χ0n) is 16.1. The third-order valence-corrected chi connectivity index (χ3v) is 5.26. The molecule has 4 rings (SSSR count). The van der Waals surface area contributed by atoms with Gasteiger partial charge in [0.2, 0.25) is 5.91 Å². The molecule has 0 bridgehead atoms. The third-order valence-electron chi connectivity index (χ3n) is 5.26. The third kappa shape index (κ3) is 3.22. The monoisotopic (exact) mass is 377 g/mol. The molecule has 0 unspecified atom stereocenters. The van der Waals surface area contributed by atoms with Crippen LogP contribution in [-0.4, -0.2) is 33.8 Å². The van der Waals surface area contributed by atoms with Gasteiger partial charge in [0.15, 0.2) is 0 Å². The van der Waals surface area contributed by atoms with Gasteiger partial charge in [-0.3, -0.25) is 14.3 Å². The second kappa shape index (κ2) is 7.38. The van der Waals surface area contributed by atoms with E-state index in [-0.39, 0.29) is 11.5 Å². The molecule has 0 fully saturated rings. The highest BCUT2D eigenvalue weighted by molar-refractivity contribution is 5.73. The summed E-state index contributed by atoms with van der Waals surface area (Å²) in [6, 6.07) is 17.5. The Morgan fingerprint density at radius 2 is 1.79 bits per heavy atom. The van der Waals surface area contributed by atoms with Crippen LogP contribution >= 0.6 is 0 Å². The number of methoxy groups -OCH3 is 1. The van der Waals surface area contributed by atoms with Gasteiger partial charge >= 0.3 is 0 Å². The number of carbonyl (C=O) groups excluding carboxylic acids is 1. The smallest absolute Gasteiger partial charge is 0.275 e. The number of rotatable bonds is 4. The highest BCUT2D eigenvalue weighted by atomic mass is 16.5. The molecule has 0 aliphatic carbocycles. The van der Waals surface area contributed by atoms with Crippen molar-refractivity contribution in [3.05, 3.63) is 81.8 Å². The second-order valence-electron chi connectivity index (χ2n) is 6.97. The van der Waals surface area contributed by atoms with Crippen molar-refractivity contribution in [3.63, 3.8) is 0 Å². The Balaban J connectivity index is 1.86. The number of hydrogen-bond acceptors (Lipinski definition) is 3. The molecule has 0 spiro atoms. The van der Waals surface area contributed by atoms with Gasteiger partial charge in [0.25, 0.3) is 5.56 Å². The Morgan fingerprint density at radius 1 is 1.07 bits per heavy atom. The van der Waals surface area contributed by atoms with E-state index in [1.807, 2.05) is 59.3 Å². The van der Waals surface area contributed by atoms with E-state index in [2.05, 4.69) is 0 Å². The highest BCUT2D eigenvalue weighted by Crippen LogP contribution is 2.22. The van der Waals surface area contributed by atoms with Crippen molar-refractivity contribution < 1.29 is 9.53 Å². The molecule has 144 valence electrons. The first kappa shape index (κ1) is 18.1. The van der Waals surface area contributed by atoms with Crippen LogP contribution in [0.5, 0.6) is 5.75 Å². The van der Waals surface area contributed by atoms with Gasteiger partial charge < -0.3 is 9.64 Å². The van der Waals surface area contributed by atoms with E-state index in [1.54, 1.807) is 23.6 Å². The lowest BCUT2D eigenvalue weighted by Gasteiger charge is -2.27. The maximum absolute atomic E-state index is 13.3. The van der Waals surface area contributed by atoms with Gasteiger partial charge in [-0.1, -0.05) is 30.3 Å². The lowest BCUT2D eigenvalue weighted by Crippen LogP contribution is -2.36. The first-order valence-corrected chi connectivity index (χ1v) is 9.36. The van der Waals surface area contributed by atoms with Crippen molar-refractivity contribution >= 4 is 5.91 Å². The van der Waals surface area contributed by atoms with Gasteiger partial charge in [-0.05, 0) is 36.2 Å². The van der Waals surface area contributed by atoms with Crippen molar-refractivity contribution in [2.45, 2.75) is 26.4 Å². The van der Waals surface area contributed by atoms with Crippen LogP contribution < -0.4 is 10.3 Å². The lowest BCUT2D eigenvalue weighted by atomic mass is 10.1. The predicted octanol–water partition coefficient (Wildman–Crippen LogP) is 2.60. The van der Waals surface area contributed by atoms with Gasteiger partial charge in [-0.2, -0.15) is 0 Å². The van der Waals surface area contributed by atoms with E-state index in [4.69, 9.17) is 4.74 Å². The van der Waals surface area contributed by atoms with Gasteiger partial charge in [-0.25, -0.2) is 4.68 Å². The van der Waals surface area contributed by atoms with Crippen molar-refractivity contribution in [3.8, 4) is 11.4 Å². The summed E-state index contributed by atoms with van der Waals surface area (Å²) in [5.41, 5.74) is 3.57. The molecule has 1 aromatic heterocycles. The van der Waals surface area contributed by atoms with E-state index in [1.165, 1.54) is 0 Å². The molecule has 0 saturated carbocycles. The standard InChI is InChI=1S/C22H23N3O3/c1-16(26)23-13-12-20-21(15-23)24(14-17-6-4-3-5-7-17)25(22(20)27)18-8-10-19(28-2)11-9-18/h3-11H,12-15H2,1-2H3. The van der Waals surface area contributed by atoms with Crippen LogP contribution in [0.25, 0.3) is 5.69 Å². The van der Waals surface area contributed by atoms with Crippen LogP contribution in [0.2, 0.25) is 0 Å². The fourth-order valence-electron chi connectivity index (χ4n) is 3.74. The molecule has 0 saturated heterocycles. The summed E-state index contributed by atoms with van der Waals surface area (Å²) >= 11 is 0. The average Bonchev–Trinajstić information content (AvgIpc) is 3.00. The molecular formula is C22H23N3O3. The molecule has 6 nitrogen and oxygen atoms in total. The largest absolute Gasteiger partial charge is 0.497 e. The molecular weight excluding hydrogens is 354 g/mol. The van der Waals surface area contributed by atoms with Crippen molar-refractivity contribution in [1.29, 1.82) is 0 Å². The van der Waals surface area contributed by atoms with Crippen LogP contribution in [-0.2, 0) is 24.3 Å². The number of aromatic nitrogens is 2. The van der Waals surface area contributed by atoms with Gasteiger partial charge in [0.05, 0.1) is 31.6 Å². The Kier molecular flexibility index (Phi) is 4.77. The number of amides is 1.